The molecule has 23 heavy (non-hydrogen) atoms. The van der Waals surface area contributed by atoms with Crippen molar-refractivity contribution in [2.45, 2.75) is 4.90 Å². The fourth-order valence-corrected chi connectivity index (χ4v) is 3.15. The van der Waals surface area contributed by atoms with Gasteiger partial charge in [-0.05, 0) is 24.3 Å². The summed E-state index contributed by atoms with van der Waals surface area (Å²) >= 11 is 0. The molecule has 0 unspecified atom stereocenters. The number of aromatic carboxylic acids is 1. The Kier molecular flexibility index (Phi) is 3.45. The fourth-order valence-electron chi connectivity index (χ4n) is 2.51. The largest absolute Gasteiger partial charge is 0.477 e. The number of carbonyl (C=O) groups is 1. The molecule has 5 nitrogen and oxygen atoms in total. The molecular weight excluding hydrogens is 321 g/mol. The summed E-state index contributed by atoms with van der Waals surface area (Å²) in [6.07, 6.45) is 1.06. The van der Waals surface area contributed by atoms with Gasteiger partial charge in [-0.1, -0.05) is 18.2 Å². The standard InChI is InChI=1S/C16H12FNO4S/c1-23(21,22)9-6-7-13-11(8-9)14(15(18-13)16(19)20)10-4-2-3-5-12(10)17/h2-8,18H,1H3,(H,19,20). The average molecular weight is 333 g/mol. The van der Waals surface area contributed by atoms with Crippen molar-refractivity contribution in [3.63, 3.8) is 0 Å². The first-order chi connectivity index (χ1) is 10.8. The number of benzene rings is 2. The average Bonchev–Trinajstić information content (AvgIpc) is 2.85. The molecule has 2 N–H and O–H groups in total. The maximum Gasteiger partial charge on any atom is 0.352 e. The van der Waals surface area contributed by atoms with Crippen molar-refractivity contribution in [2.75, 3.05) is 6.26 Å². The lowest BCUT2D eigenvalue weighted by atomic mass is 10.0. The van der Waals surface area contributed by atoms with Gasteiger partial charge in [0, 0.05) is 28.3 Å². The van der Waals surface area contributed by atoms with Gasteiger partial charge in [-0.3, -0.25) is 0 Å². The van der Waals surface area contributed by atoms with Gasteiger partial charge in [-0.15, -0.1) is 0 Å². The molecule has 0 bridgehead atoms. The summed E-state index contributed by atoms with van der Waals surface area (Å²) < 4.78 is 37.6. The summed E-state index contributed by atoms with van der Waals surface area (Å²) in [6, 6.07) is 9.97. The molecule has 3 rings (SSSR count). The minimum Gasteiger partial charge on any atom is -0.477 e. The van der Waals surface area contributed by atoms with E-state index in [1.807, 2.05) is 0 Å². The number of halogens is 1. The molecule has 0 spiro atoms. The van der Waals surface area contributed by atoms with Crippen LogP contribution in [0.5, 0.6) is 0 Å². The summed E-state index contributed by atoms with van der Waals surface area (Å²) in [5.74, 6) is -1.83. The highest BCUT2D eigenvalue weighted by Gasteiger charge is 2.22. The van der Waals surface area contributed by atoms with E-state index < -0.39 is 21.6 Å². The van der Waals surface area contributed by atoms with Gasteiger partial charge in [0.1, 0.15) is 11.5 Å². The minimum atomic E-state index is -3.47. The molecule has 0 fully saturated rings. The third-order valence-electron chi connectivity index (χ3n) is 3.56. The van der Waals surface area contributed by atoms with Gasteiger partial charge >= 0.3 is 5.97 Å². The van der Waals surface area contributed by atoms with E-state index in [1.54, 1.807) is 6.07 Å². The summed E-state index contributed by atoms with van der Waals surface area (Å²) in [5, 5.41) is 9.72. The third-order valence-corrected chi connectivity index (χ3v) is 4.67. The first kappa shape index (κ1) is 15.2. The topological polar surface area (TPSA) is 87.2 Å². The molecule has 7 heteroatoms. The normalized spacial score (nSPS) is 11.7. The van der Waals surface area contributed by atoms with Crippen LogP contribution in [0.25, 0.3) is 22.0 Å². The molecule has 0 aliphatic carbocycles. The molecule has 1 heterocycles. The van der Waals surface area contributed by atoms with E-state index in [0.717, 1.165) is 6.26 Å². The van der Waals surface area contributed by atoms with Crippen molar-refractivity contribution in [1.82, 2.24) is 4.98 Å². The molecule has 2 aromatic carbocycles. The number of hydrogen-bond donors (Lipinski definition) is 2. The highest BCUT2D eigenvalue weighted by atomic mass is 32.2. The second-order valence-corrected chi connectivity index (χ2v) is 7.16. The van der Waals surface area contributed by atoms with Crippen LogP contribution in [0.2, 0.25) is 0 Å². The number of rotatable bonds is 3. The number of hydrogen-bond acceptors (Lipinski definition) is 3. The van der Waals surface area contributed by atoms with Crippen LogP contribution in [-0.2, 0) is 9.84 Å². The molecule has 0 amide bonds. The van der Waals surface area contributed by atoms with Crippen molar-refractivity contribution < 1.29 is 22.7 Å². The molecule has 0 saturated heterocycles. The molecule has 118 valence electrons. The van der Waals surface area contributed by atoms with Gasteiger partial charge < -0.3 is 10.1 Å². The highest BCUT2D eigenvalue weighted by molar-refractivity contribution is 7.90. The fraction of sp³-hybridized carbons (Fsp3) is 0.0625. The number of nitrogens with one attached hydrogen (secondary N) is 1. The first-order valence-corrected chi connectivity index (χ1v) is 8.52. The van der Waals surface area contributed by atoms with E-state index in [0.29, 0.717) is 10.9 Å². The number of carboxylic acids is 1. The van der Waals surface area contributed by atoms with Gasteiger partial charge in [-0.2, -0.15) is 0 Å². The molecule has 0 aliphatic rings. The van der Waals surface area contributed by atoms with Crippen LogP contribution in [0.15, 0.2) is 47.4 Å². The Morgan fingerprint density at radius 1 is 1.17 bits per heavy atom. The molecule has 0 aliphatic heterocycles. The predicted molar refractivity (Wildman–Crippen MR) is 83.8 cm³/mol. The Labute approximate surface area is 131 Å². The Hall–Kier alpha value is -2.67. The van der Waals surface area contributed by atoms with E-state index in [4.69, 9.17) is 0 Å². The zero-order chi connectivity index (χ0) is 16.8. The summed E-state index contributed by atoms with van der Waals surface area (Å²) in [5.41, 5.74) is 0.474. The van der Waals surface area contributed by atoms with Crippen LogP contribution in [-0.4, -0.2) is 30.7 Å². The van der Waals surface area contributed by atoms with Crippen LogP contribution in [0, 0.1) is 5.82 Å². The highest BCUT2D eigenvalue weighted by Crippen LogP contribution is 2.35. The SMILES string of the molecule is CS(=O)(=O)c1ccc2[nH]c(C(=O)O)c(-c3ccccc3F)c2c1. The second-order valence-electron chi connectivity index (χ2n) is 5.14. The Bertz CT molecular complexity index is 1040. The van der Waals surface area contributed by atoms with Gasteiger partial charge in [-0.25, -0.2) is 17.6 Å². The third kappa shape index (κ3) is 2.59. The molecule has 1 aromatic heterocycles. The van der Waals surface area contributed by atoms with Gasteiger partial charge in [0.25, 0.3) is 0 Å². The molecule has 3 aromatic rings. The Morgan fingerprint density at radius 3 is 2.48 bits per heavy atom. The van der Waals surface area contributed by atoms with Crippen molar-refractivity contribution >= 4 is 26.7 Å². The van der Waals surface area contributed by atoms with Gasteiger partial charge in [0.2, 0.25) is 0 Å². The number of sulfone groups is 1. The molecule has 0 saturated carbocycles. The molecule has 0 atom stereocenters. The van der Waals surface area contributed by atoms with Crippen molar-refractivity contribution in [3.8, 4) is 11.1 Å². The monoisotopic (exact) mass is 333 g/mol. The first-order valence-electron chi connectivity index (χ1n) is 6.63. The smallest absolute Gasteiger partial charge is 0.352 e. The number of H-pyrrole nitrogens is 1. The lowest BCUT2D eigenvalue weighted by molar-refractivity contribution is 0.0692. The molecule has 0 radical (unpaired) electrons. The van der Waals surface area contributed by atoms with Crippen LogP contribution < -0.4 is 0 Å². The summed E-state index contributed by atoms with van der Waals surface area (Å²) in [7, 11) is -3.47. The van der Waals surface area contributed by atoms with E-state index in [1.165, 1.54) is 36.4 Å². The lowest BCUT2D eigenvalue weighted by Crippen LogP contribution is -1.99. The van der Waals surface area contributed by atoms with Crippen molar-refractivity contribution in [3.05, 3.63) is 54.0 Å². The van der Waals surface area contributed by atoms with Crippen LogP contribution in [0.1, 0.15) is 10.5 Å². The van der Waals surface area contributed by atoms with E-state index in [-0.39, 0.29) is 21.7 Å². The Balaban J connectivity index is 2.44. The zero-order valence-electron chi connectivity index (χ0n) is 12.0. The number of carboxylic acid groups (broad SMARTS) is 1. The quantitative estimate of drug-likeness (QED) is 0.771. The van der Waals surface area contributed by atoms with E-state index in [9.17, 15) is 22.7 Å². The number of aromatic amines is 1. The van der Waals surface area contributed by atoms with Crippen LogP contribution in [0.4, 0.5) is 4.39 Å². The lowest BCUT2D eigenvalue weighted by Gasteiger charge is -2.05. The Morgan fingerprint density at radius 2 is 1.87 bits per heavy atom. The zero-order valence-corrected chi connectivity index (χ0v) is 12.8. The molecular formula is C16H12FNO4S. The minimum absolute atomic E-state index is 0.0403. The number of fused-ring (bicyclic) bond motifs is 1. The van der Waals surface area contributed by atoms with Crippen molar-refractivity contribution in [2.24, 2.45) is 0 Å². The van der Waals surface area contributed by atoms with Gasteiger partial charge in [0.05, 0.1) is 4.90 Å². The van der Waals surface area contributed by atoms with Crippen molar-refractivity contribution in [1.29, 1.82) is 0 Å². The predicted octanol–water partition coefficient (Wildman–Crippen LogP) is 3.08. The van der Waals surface area contributed by atoms with Gasteiger partial charge in [0.15, 0.2) is 9.84 Å². The maximum absolute atomic E-state index is 14.1. The summed E-state index contributed by atoms with van der Waals surface area (Å²) in [4.78, 5) is 14.2. The number of aromatic nitrogens is 1. The van der Waals surface area contributed by atoms with E-state index in [2.05, 4.69) is 4.98 Å². The van der Waals surface area contributed by atoms with Crippen LogP contribution >= 0.6 is 0 Å². The van der Waals surface area contributed by atoms with E-state index >= 15 is 0 Å². The summed E-state index contributed by atoms with van der Waals surface area (Å²) in [6.45, 7) is 0. The second kappa shape index (κ2) is 5.20. The maximum atomic E-state index is 14.1. The van der Waals surface area contributed by atoms with Crippen LogP contribution in [0.3, 0.4) is 0 Å².